The number of nitrogens with zero attached hydrogens (tertiary/aromatic N) is 1. The van der Waals surface area contributed by atoms with Crippen molar-refractivity contribution < 1.29 is 19.0 Å². The molecule has 1 aromatic carbocycles. The van der Waals surface area contributed by atoms with E-state index in [-0.39, 0.29) is 28.9 Å². The molecule has 4 nitrogen and oxygen atoms in total. The first-order valence-corrected chi connectivity index (χ1v) is 6.56. The number of ether oxygens (including phenoxy) is 1. The van der Waals surface area contributed by atoms with Gasteiger partial charge in [-0.15, -0.1) is 0 Å². The van der Waals surface area contributed by atoms with E-state index in [4.69, 9.17) is 9.84 Å². The summed E-state index contributed by atoms with van der Waals surface area (Å²) in [6, 6.07) is 7.29. The number of hydrogen-bond acceptors (Lipinski definition) is 3. The summed E-state index contributed by atoms with van der Waals surface area (Å²) in [5.74, 6) is -0.962. The molecule has 0 fully saturated rings. The zero-order chi connectivity index (χ0) is 15.6. The summed E-state index contributed by atoms with van der Waals surface area (Å²) in [7, 11) is 0. The van der Waals surface area contributed by atoms with Gasteiger partial charge in [0.15, 0.2) is 0 Å². The molecule has 0 amide bonds. The SMILES string of the molecule is Cc1ccc(Oc2cc(C(=O)O)cc(C(C)C)n2)cc1F. The summed E-state index contributed by atoms with van der Waals surface area (Å²) < 4.78 is 19.0. The fourth-order valence-corrected chi connectivity index (χ4v) is 1.76. The summed E-state index contributed by atoms with van der Waals surface area (Å²) in [6.45, 7) is 5.46. The minimum Gasteiger partial charge on any atom is -0.478 e. The molecule has 0 bridgehead atoms. The average molecular weight is 289 g/mol. The van der Waals surface area contributed by atoms with E-state index in [0.29, 0.717) is 11.3 Å². The van der Waals surface area contributed by atoms with Gasteiger partial charge in [-0.3, -0.25) is 0 Å². The number of hydrogen-bond donors (Lipinski definition) is 1. The van der Waals surface area contributed by atoms with E-state index in [1.54, 1.807) is 19.1 Å². The van der Waals surface area contributed by atoms with Crippen molar-refractivity contribution in [2.75, 3.05) is 0 Å². The van der Waals surface area contributed by atoms with Gasteiger partial charge in [0.1, 0.15) is 11.6 Å². The number of carboxylic acids is 1. The highest BCUT2D eigenvalue weighted by Gasteiger charge is 2.12. The predicted molar refractivity (Wildman–Crippen MR) is 76.5 cm³/mol. The number of rotatable bonds is 4. The number of benzene rings is 1. The molecule has 1 N–H and O–H groups in total. The molecule has 0 aliphatic rings. The lowest BCUT2D eigenvalue weighted by Gasteiger charge is -2.10. The Balaban J connectivity index is 2.38. The Morgan fingerprint density at radius 1 is 1.29 bits per heavy atom. The van der Waals surface area contributed by atoms with Gasteiger partial charge in [-0.05, 0) is 30.5 Å². The zero-order valence-electron chi connectivity index (χ0n) is 12.1. The third-order valence-electron chi connectivity index (χ3n) is 3.03. The van der Waals surface area contributed by atoms with Crippen LogP contribution in [-0.4, -0.2) is 16.1 Å². The molecule has 1 aromatic heterocycles. The molecular formula is C16H16FNO3. The van der Waals surface area contributed by atoms with Crippen molar-refractivity contribution in [1.29, 1.82) is 0 Å². The molecule has 0 aliphatic heterocycles. The Labute approximate surface area is 122 Å². The maximum Gasteiger partial charge on any atom is 0.335 e. The molecule has 110 valence electrons. The quantitative estimate of drug-likeness (QED) is 0.918. The fraction of sp³-hybridized carbons (Fsp3) is 0.250. The highest BCUT2D eigenvalue weighted by atomic mass is 19.1. The molecule has 0 unspecified atom stereocenters. The van der Waals surface area contributed by atoms with Crippen molar-refractivity contribution in [3.8, 4) is 11.6 Å². The van der Waals surface area contributed by atoms with Crippen molar-refractivity contribution in [2.24, 2.45) is 0 Å². The van der Waals surface area contributed by atoms with Crippen molar-refractivity contribution in [1.82, 2.24) is 4.98 Å². The van der Waals surface area contributed by atoms with Crippen molar-refractivity contribution in [3.05, 3.63) is 53.0 Å². The highest BCUT2D eigenvalue weighted by Crippen LogP contribution is 2.25. The predicted octanol–water partition coefficient (Wildman–Crippen LogP) is 4.14. The molecule has 1 heterocycles. The number of aromatic carboxylic acids is 1. The normalized spacial score (nSPS) is 10.7. The van der Waals surface area contributed by atoms with Crippen LogP contribution in [0.1, 0.15) is 41.4 Å². The van der Waals surface area contributed by atoms with Gasteiger partial charge in [-0.1, -0.05) is 19.9 Å². The largest absolute Gasteiger partial charge is 0.478 e. The molecule has 0 spiro atoms. The first-order chi connectivity index (χ1) is 9.86. The second-order valence-electron chi connectivity index (χ2n) is 5.09. The Hall–Kier alpha value is -2.43. The van der Waals surface area contributed by atoms with Crippen molar-refractivity contribution in [3.63, 3.8) is 0 Å². The Morgan fingerprint density at radius 3 is 2.57 bits per heavy atom. The molecule has 0 saturated carbocycles. The van der Waals surface area contributed by atoms with Crippen LogP contribution in [0.3, 0.4) is 0 Å². The molecular weight excluding hydrogens is 273 g/mol. The summed E-state index contributed by atoms with van der Waals surface area (Å²) in [6.07, 6.45) is 0. The third kappa shape index (κ3) is 3.56. The van der Waals surface area contributed by atoms with Gasteiger partial charge in [0.25, 0.3) is 0 Å². The summed E-state index contributed by atoms with van der Waals surface area (Å²) in [5, 5.41) is 9.12. The molecule has 5 heteroatoms. The average Bonchev–Trinajstić information content (AvgIpc) is 2.42. The van der Waals surface area contributed by atoms with Crippen LogP contribution >= 0.6 is 0 Å². The van der Waals surface area contributed by atoms with Gasteiger partial charge in [0.2, 0.25) is 5.88 Å². The van der Waals surface area contributed by atoms with E-state index >= 15 is 0 Å². The molecule has 2 rings (SSSR count). The fourth-order valence-electron chi connectivity index (χ4n) is 1.76. The monoisotopic (exact) mass is 289 g/mol. The standard InChI is InChI=1S/C16H16FNO3/c1-9(2)14-6-11(16(19)20)7-15(18-14)21-12-5-4-10(3)13(17)8-12/h4-9H,1-3H3,(H,19,20). The van der Waals surface area contributed by atoms with Gasteiger partial charge in [0, 0.05) is 17.8 Å². The van der Waals surface area contributed by atoms with E-state index in [1.807, 2.05) is 13.8 Å². The second kappa shape index (κ2) is 5.91. The molecule has 21 heavy (non-hydrogen) atoms. The summed E-state index contributed by atoms with van der Waals surface area (Å²) in [4.78, 5) is 15.4. The Morgan fingerprint density at radius 2 is 2.00 bits per heavy atom. The minimum atomic E-state index is -1.06. The lowest BCUT2D eigenvalue weighted by atomic mass is 10.1. The third-order valence-corrected chi connectivity index (χ3v) is 3.03. The van der Waals surface area contributed by atoms with Crippen molar-refractivity contribution >= 4 is 5.97 Å². The van der Waals surface area contributed by atoms with E-state index in [2.05, 4.69) is 4.98 Å². The van der Waals surface area contributed by atoms with Gasteiger partial charge in [-0.2, -0.15) is 0 Å². The second-order valence-corrected chi connectivity index (χ2v) is 5.09. The molecule has 0 radical (unpaired) electrons. The van der Waals surface area contributed by atoms with Gasteiger partial charge in [0.05, 0.1) is 5.56 Å². The highest BCUT2D eigenvalue weighted by molar-refractivity contribution is 5.88. The van der Waals surface area contributed by atoms with E-state index in [0.717, 1.165) is 0 Å². The summed E-state index contributed by atoms with van der Waals surface area (Å²) in [5.41, 5.74) is 1.21. The Kier molecular flexibility index (Phi) is 4.21. The number of aromatic nitrogens is 1. The molecule has 2 aromatic rings. The number of halogens is 1. The minimum absolute atomic E-state index is 0.0569. The van der Waals surface area contributed by atoms with Crippen molar-refractivity contribution in [2.45, 2.75) is 26.7 Å². The van der Waals surface area contributed by atoms with Gasteiger partial charge >= 0.3 is 5.97 Å². The zero-order valence-corrected chi connectivity index (χ0v) is 12.1. The number of carboxylic acid groups (broad SMARTS) is 1. The van der Waals surface area contributed by atoms with E-state index in [9.17, 15) is 9.18 Å². The molecule has 0 saturated heterocycles. The summed E-state index contributed by atoms with van der Waals surface area (Å²) >= 11 is 0. The van der Waals surface area contributed by atoms with Crippen LogP contribution in [0.5, 0.6) is 11.6 Å². The van der Waals surface area contributed by atoms with Crippen LogP contribution in [0.15, 0.2) is 30.3 Å². The topological polar surface area (TPSA) is 59.4 Å². The van der Waals surface area contributed by atoms with Crippen LogP contribution in [0.4, 0.5) is 4.39 Å². The number of aryl methyl sites for hydroxylation is 1. The maximum absolute atomic E-state index is 13.5. The van der Waals surface area contributed by atoms with Gasteiger partial charge < -0.3 is 9.84 Å². The first-order valence-electron chi connectivity index (χ1n) is 6.56. The van der Waals surface area contributed by atoms with Gasteiger partial charge in [-0.25, -0.2) is 14.2 Å². The van der Waals surface area contributed by atoms with E-state index in [1.165, 1.54) is 18.2 Å². The maximum atomic E-state index is 13.5. The lowest BCUT2D eigenvalue weighted by Crippen LogP contribution is -2.03. The smallest absolute Gasteiger partial charge is 0.335 e. The van der Waals surface area contributed by atoms with E-state index < -0.39 is 5.97 Å². The molecule has 0 atom stereocenters. The molecule has 0 aliphatic carbocycles. The van der Waals surface area contributed by atoms with Crippen LogP contribution < -0.4 is 4.74 Å². The van der Waals surface area contributed by atoms with Crippen LogP contribution in [0.25, 0.3) is 0 Å². The van der Waals surface area contributed by atoms with Crippen LogP contribution in [0.2, 0.25) is 0 Å². The van der Waals surface area contributed by atoms with Crippen LogP contribution in [0, 0.1) is 12.7 Å². The van der Waals surface area contributed by atoms with Crippen LogP contribution in [-0.2, 0) is 0 Å². The number of carbonyl (C=O) groups is 1. The first kappa shape index (κ1) is 15.0. The number of pyridine rings is 1. The lowest BCUT2D eigenvalue weighted by molar-refractivity contribution is 0.0696. The Bertz CT molecular complexity index is 683.